The van der Waals surface area contributed by atoms with Crippen molar-refractivity contribution in [2.75, 3.05) is 44.2 Å². The van der Waals surface area contributed by atoms with Crippen molar-refractivity contribution in [2.24, 2.45) is 5.92 Å². The molecule has 1 amide bonds. The van der Waals surface area contributed by atoms with E-state index in [1.54, 1.807) is 0 Å². The Labute approximate surface area is 429 Å². The first kappa shape index (κ1) is 50.2. The second kappa shape index (κ2) is 24.1. The van der Waals surface area contributed by atoms with Crippen molar-refractivity contribution in [1.29, 1.82) is 0 Å². The molecule has 2 bridgehead atoms. The Morgan fingerprint density at radius 1 is 0.592 bits per heavy atom. The highest BCUT2D eigenvalue weighted by molar-refractivity contribution is 8.00. The number of halogens is 1. The Kier molecular flexibility index (Phi) is 17.0. The second-order valence-corrected chi connectivity index (χ2v) is 21.6. The number of hydrogen-bond donors (Lipinski definition) is 1. The molecular weight excluding hydrogens is 914 g/mol. The molecule has 1 N–H and O–H groups in total. The molecule has 0 spiro atoms. The predicted octanol–water partition coefficient (Wildman–Crippen LogP) is 13.0. The van der Waals surface area contributed by atoms with E-state index in [2.05, 4.69) is 197 Å². The lowest BCUT2D eigenvalue weighted by molar-refractivity contribution is -0.127. The van der Waals surface area contributed by atoms with Crippen LogP contribution in [0.5, 0.6) is 0 Å². The highest BCUT2D eigenvalue weighted by atomic mass is 32.2. The van der Waals surface area contributed by atoms with Crippen LogP contribution in [0.3, 0.4) is 0 Å². The molecule has 7 aromatic carbocycles. The Balaban J connectivity index is 0.933. The molecule has 364 valence electrons. The zero-order chi connectivity index (χ0) is 48.9. The van der Waals surface area contributed by atoms with Gasteiger partial charge in [-0.15, -0.1) is 23.5 Å². The lowest BCUT2D eigenvalue weighted by atomic mass is 9.73. The molecule has 7 aromatic rings. The molecule has 2 aliphatic heterocycles. The molecule has 71 heavy (non-hydrogen) atoms. The third kappa shape index (κ3) is 11.3. The van der Waals surface area contributed by atoms with E-state index >= 15 is 0 Å². The van der Waals surface area contributed by atoms with Crippen molar-refractivity contribution in [2.45, 2.75) is 66.5 Å². The predicted molar refractivity (Wildman–Crippen MR) is 293 cm³/mol. The van der Waals surface area contributed by atoms with Crippen molar-refractivity contribution < 1.29 is 14.0 Å². The van der Waals surface area contributed by atoms with Gasteiger partial charge in [0.05, 0.1) is 16.0 Å². The largest absolute Gasteiger partial charge is 0.354 e. The number of nitrogens with one attached hydrogen (secondary N) is 1. The van der Waals surface area contributed by atoms with E-state index in [4.69, 9.17) is 0 Å². The van der Waals surface area contributed by atoms with Gasteiger partial charge in [0.25, 0.3) is 0 Å². The molecule has 2 fully saturated rings. The van der Waals surface area contributed by atoms with Crippen LogP contribution in [-0.2, 0) is 19.1 Å². The van der Waals surface area contributed by atoms with E-state index < -0.39 is 9.49 Å². The summed E-state index contributed by atoms with van der Waals surface area (Å²) >= 11 is 3.79. The minimum Gasteiger partial charge on any atom is -0.354 e. The molecule has 5 nitrogen and oxygen atoms in total. The molecule has 0 saturated carbocycles. The number of rotatable bonds is 23. The first-order valence-electron chi connectivity index (χ1n) is 25.5. The lowest BCUT2D eigenvalue weighted by Crippen LogP contribution is -2.51. The number of thioether (sulfide) groups is 2. The van der Waals surface area contributed by atoms with Gasteiger partial charge in [0.2, 0.25) is 5.91 Å². The van der Waals surface area contributed by atoms with Gasteiger partial charge in [-0.3, -0.25) is 19.4 Å². The number of nitrogens with zero attached hydrogens (tertiary/aromatic N) is 2. The maximum Gasteiger partial charge on any atom is 0.234 e. The number of amides is 1. The standard InChI is InChI=1S/C63H66FN3O2S2/c1-2-59(68)61-57(48-34-36-55(64)37-35-48)46-56-38-39-58(61)67(56)42-21-41-66(43-45-71-63(52-28-15-6-16-29-52,53-30-17-7-18-31-53)54-32-19-8-20-33-54)47-60(69)65-40-44-70-62(49-22-9-3-10-23-49,50-24-11-4-12-25-50)51-26-13-5-14-27-51/h3-20,22-37,56-58,61H,2,21,38-47H2,1H3,(H,65,69)/t56?,57-,58+,61-/m0/s1. The SMILES string of the molecule is CCC(=O)[C@@H]1[C@H]2CCC(C[C@H]1c1ccc(F)cc1)N2CCCN(CCSC(c1ccccc1)(c1ccccc1)c1ccccc1)CC(=O)NCCSC(c1ccccc1)(c1ccccc1)c1ccccc1. The molecule has 4 atom stereocenters. The smallest absolute Gasteiger partial charge is 0.234 e. The summed E-state index contributed by atoms with van der Waals surface area (Å²) in [6.07, 6.45) is 4.35. The summed E-state index contributed by atoms with van der Waals surface area (Å²) in [5, 5.41) is 3.36. The van der Waals surface area contributed by atoms with E-state index in [1.165, 1.54) is 45.5 Å². The van der Waals surface area contributed by atoms with E-state index in [0.29, 0.717) is 30.5 Å². The molecule has 2 saturated heterocycles. The van der Waals surface area contributed by atoms with Gasteiger partial charge in [0, 0.05) is 49.0 Å². The van der Waals surface area contributed by atoms with Gasteiger partial charge in [-0.05, 0) is 95.8 Å². The van der Waals surface area contributed by atoms with E-state index in [9.17, 15) is 14.0 Å². The molecule has 0 aliphatic carbocycles. The van der Waals surface area contributed by atoms with E-state index in [-0.39, 0.29) is 36.1 Å². The minimum absolute atomic E-state index is 0.0227. The third-order valence-electron chi connectivity index (χ3n) is 14.9. The summed E-state index contributed by atoms with van der Waals surface area (Å²) in [5.41, 5.74) is 8.34. The van der Waals surface area contributed by atoms with Gasteiger partial charge in [-0.1, -0.05) is 201 Å². The number of carbonyl (C=O) groups excluding carboxylic acids is 2. The Hall–Kier alpha value is -5.77. The number of ketones is 1. The van der Waals surface area contributed by atoms with Crippen molar-refractivity contribution >= 4 is 35.2 Å². The first-order valence-corrected chi connectivity index (χ1v) is 27.5. The van der Waals surface area contributed by atoms with Crippen molar-refractivity contribution in [3.63, 3.8) is 0 Å². The van der Waals surface area contributed by atoms with Crippen LogP contribution >= 0.6 is 23.5 Å². The average molecular weight is 980 g/mol. The third-order valence-corrected chi connectivity index (χ3v) is 18.0. The summed E-state index contributed by atoms with van der Waals surface area (Å²) in [7, 11) is 0. The zero-order valence-corrected chi connectivity index (χ0v) is 42.5. The molecular formula is C63H66FN3O2S2. The average Bonchev–Trinajstić information content (AvgIpc) is 3.70. The lowest BCUT2D eigenvalue weighted by Gasteiger charge is -2.44. The Morgan fingerprint density at radius 3 is 1.46 bits per heavy atom. The summed E-state index contributed by atoms with van der Waals surface area (Å²) in [4.78, 5) is 33.0. The molecule has 0 aromatic heterocycles. The van der Waals surface area contributed by atoms with Crippen molar-refractivity contribution in [3.8, 4) is 0 Å². The number of fused-ring (bicyclic) bond motifs is 2. The fraction of sp³-hybridized carbons (Fsp3) is 0.302. The van der Waals surface area contributed by atoms with Crippen molar-refractivity contribution in [3.05, 3.63) is 251 Å². The monoisotopic (exact) mass is 979 g/mol. The van der Waals surface area contributed by atoms with Crippen LogP contribution in [0.4, 0.5) is 4.39 Å². The first-order chi connectivity index (χ1) is 34.9. The maximum atomic E-state index is 14.3. The number of Topliss-reactive ketones (excluding diaryl/α,β-unsaturated/α-hetero) is 1. The Morgan fingerprint density at radius 2 is 1.03 bits per heavy atom. The second-order valence-electron chi connectivity index (χ2n) is 19.0. The number of piperidine rings is 1. The van der Waals surface area contributed by atoms with Crippen LogP contribution < -0.4 is 5.32 Å². The molecule has 8 heteroatoms. The fourth-order valence-electron chi connectivity index (χ4n) is 11.7. The quantitative estimate of drug-likeness (QED) is 0.0509. The van der Waals surface area contributed by atoms with Gasteiger partial charge in [-0.25, -0.2) is 4.39 Å². The maximum absolute atomic E-state index is 14.3. The van der Waals surface area contributed by atoms with Crippen LogP contribution in [0.15, 0.2) is 206 Å². The zero-order valence-electron chi connectivity index (χ0n) is 40.8. The normalized spacial score (nSPS) is 18.1. The highest BCUT2D eigenvalue weighted by Crippen LogP contribution is 2.51. The van der Waals surface area contributed by atoms with Gasteiger partial charge in [0.1, 0.15) is 11.6 Å². The minimum atomic E-state index is -0.466. The molecule has 1 unspecified atom stereocenters. The summed E-state index contributed by atoms with van der Waals surface area (Å²) < 4.78 is 13.1. The summed E-state index contributed by atoms with van der Waals surface area (Å²) in [5.74, 6) is 1.57. The van der Waals surface area contributed by atoms with Gasteiger partial charge in [0.15, 0.2) is 0 Å². The summed E-state index contributed by atoms with van der Waals surface area (Å²) in [6.45, 7) is 5.13. The van der Waals surface area contributed by atoms with Crippen molar-refractivity contribution in [1.82, 2.24) is 15.1 Å². The van der Waals surface area contributed by atoms with Crippen LogP contribution in [0.2, 0.25) is 0 Å². The van der Waals surface area contributed by atoms with Gasteiger partial charge in [-0.2, -0.15) is 0 Å². The van der Waals surface area contributed by atoms with Crippen LogP contribution in [-0.4, -0.2) is 77.8 Å². The van der Waals surface area contributed by atoms with Crippen LogP contribution in [0, 0.1) is 11.7 Å². The fourth-order valence-corrected chi connectivity index (χ4v) is 14.6. The van der Waals surface area contributed by atoms with E-state index in [1.807, 2.05) is 42.6 Å². The molecule has 9 rings (SSSR count). The molecule has 0 radical (unpaired) electrons. The van der Waals surface area contributed by atoms with Crippen LogP contribution in [0.25, 0.3) is 0 Å². The van der Waals surface area contributed by atoms with E-state index in [0.717, 1.165) is 56.6 Å². The number of benzene rings is 7. The van der Waals surface area contributed by atoms with Gasteiger partial charge < -0.3 is 5.32 Å². The number of hydrogen-bond acceptors (Lipinski definition) is 6. The number of carbonyl (C=O) groups is 2. The topological polar surface area (TPSA) is 52.7 Å². The summed E-state index contributed by atoms with van der Waals surface area (Å²) in [6, 6.07) is 72.0. The highest BCUT2D eigenvalue weighted by Gasteiger charge is 2.49. The molecule has 2 aliphatic rings. The van der Waals surface area contributed by atoms with Gasteiger partial charge >= 0.3 is 0 Å². The Bertz CT molecular complexity index is 2540. The molecule has 2 heterocycles. The van der Waals surface area contributed by atoms with Crippen LogP contribution in [0.1, 0.15) is 83.9 Å².